The first-order valence-corrected chi connectivity index (χ1v) is 9.79. The molecule has 0 radical (unpaired) electrons. The van der Waals surface area contributed by atoms with E-state index in [9.17, 15) is 18.0 Å². The Morgan fingerprint density at radius 3 is 2.76 bits per heavy atom. The molecule has 33 heavy (non-hydrogen) atoms. The Kier molecular flexibility index (Phi) is 6.22. The van der Waals surface area contributed by atoms with E-state index >= 15 is 0 Å². The first-order valence-electron chi connectivity index (χ1n) is 9.42. The summed E-state index contributed by atoms with van der Waals surface area (Å²) in [7, 11) is 0. The third-order valence-corrected chi connectivity index (χ3v) is 4.66. The quantitative estimate of drug-likeness (QED) is 0.329. The van der Waals surface area contributed by atoms with Gasteiger partial charge < -0.3 is 4.42 Å². The monoisotopic (exact) mass is 474 g/mol. The summed E-state index contributed by atoms with van der Waals surface area (Å²) >= 11 is 6.09. The number of hydrogen-bond donors (Lipinski definition) is 1. The zero-order chi connectivity index (χ0) is 23.4. The molecule has 0 saturated heterocycles. The fourth-order valence-electron chi connectivity index (χ4n) is 2.82. The molecule has 12 heteroatoms. The smallest absolute Gasteiger partial charge is 0.416 e. The molecule has 1 N–H and O–H groups in total. The maximum absolute atomic E-state index is 12.9. The second kappa shape index (κ2) is 9.25. The van der Waals surface area contributed by atoms with Gasteiger partial charge in [-0.05, 0) is 41.6 Å². The Bertz CT molecular complexity index is 1320. The van der Waals surface area contributed by atoms with Crippen LogP contribution in [0.3, 0.4) is 0 Å². The summed E-state index contributed by atoms with van der Waals surface area (Å²) in [5.74, 6) is 0.212. The van der Waals surface area contributed by atoms with Crippen LogP contribution in [0.5, 0.6) is 0 Å². The van der Waals surface area contributed by atoms with Gasteiger partial charge in [0, 0.05) is 11.1 Å². The van der Waals surface area contributed by atoms with Crippen LogP contribution in [0.1, 0.15) is 11.3 Å². The first-order chi connectivity index (χ1) is 15.8. The second-order valence-electron chi connectivity index (χ2n) is 6.70. The molecule has 0 spiro atoms. The van der Waals surface area contributed by atoms with Gasteiger partial charge in [-0.2, -0.15) is 23.1 Å². The minimum absolute atomic E-state index is 0.229. The molecule has 0 aliphatic rings. The lowest BCUT2D eigenvalue weighted by molar-refractivity contribution is -0.137. The summed E-state index contributed by atoms with van der Waals surface area (Å²) in [5, 5.41) is 16.0. The van der Waals surface area contributed by atoms with Gasteiger partial charge in [0.1, 0.15) is 18.1 Å². The number of nitrogens with zero attached hydrogens (tertiary/aromatic N) is 5. The van der Waals surface area contributed by atoms with E-state index in [4.69, 9.17) is 16.0 Å². The van der Waals surface area contributed by atoms with Crippen molar-refractivity contribution < 1.29 is 22.4 Å². The van der Waals surface area contributed by atoms with Crippen molar-refractivity contribution in [2.24, 2.45) is 5.10 Å². The molecule has 1 amide bonds. The Morgan fingerprint density at radius 1 is 1.15 bits per heavy atom. The van der Waals surface area contributed by atoms with Crippen LogP contribution < -0.4 is 5.43 Å². The van der Waals surface area contributed by atoms with Crippen molar-refractivity contribution in [2.45, 2.75) is 12.7 Å². The van der Waals surface area contributed by atoms with Crippen molar-refractivity contribution in [1.29, 1.82) is 0 Å². The lowest BCUT2D eigenvalue weighted by Gasteiger charge is -2.07. The topological polar surface area (TPSA) is 98.2 Å². The van der Waals surface area contributed by atoms with Gasteiger partial charge in [0.05, 0.1) is 16.8 Å². The average molecular weight is 475 g/mol. The lowest BCUT2D eigenvalue weighted by atomic mass is 10.1. The van der Waals surface area contributed by atoms with Crippen molar-refractivity contribution in [3.05, 3.63) is 77.0 Å². The zero-order valence-electron chi connectivity index (χ0n) is 16.6. The van der Waals surface area contributed by atoms with E-state index in [0.717, 1.165) is 16.9 Å². The van der Waals surface area contributed by atoms with Crippen LogP contribution >= 0.6 is 11.6 Å². The fraction of sp³-hybridized carbons (Fsp3) is 0.0952. The molecular formula is C21H14ClF3N6O2. The molecule has 0 aliphatic carbocycles. The Hall–Kier alpha value is -3.99. The Balaban J connectivity index is 1.35. The highest BCUT2D eigenvalue weighted by Crippen LogP contribution is 2.32. The number of furan rings is 1. The number of halogens is 4. The van der Waals surface area contributed by atoms with Gasteiger partial charge in [-0.15, -0.1) is 10.2 Å². The van der Waals surface area contributed by atoms with Crippen LogP contribution in [0.4, 0.5) is 13.2 Å². The maximum Gasteiger partial charge on any atom is 0.416 e. The average Bonchev–Trinajstić information content (AvgIpc) is 3.43. The largest absolute Gasteiger partial charge is 0.455 e. The van der Waals surface area contributed by atoms with Gasteiger partial charge in [-0.1, -0.05) is 35.9 Å². The highest BCUT2D eigenvalue weighted by atomic mass is 35.5. The highest BCUT2D eigenvalue weighted by molar-refractivity contribution is 6.33. The fourth-order valence-corrected chi connectivity index (χ4v) is 3.04. The maximum atomic E-state index is 12.9. The molecule has 2 aromatic heterocycles. The van der Waals surface area contributed by atoms with Gasteiger partial charge >= 0.3 is 6.18 Å². The van der Waals surface area contributed by atoms with Gasteiger partial charge in [0.2, 0.25) is 5.82 Å². The van der Waals surface area contributed by atoms with E-state index in [0.29, 0.717) is 10.6 Å². The normalized spacial score (nSPS) is 11.8. The number of tetrazole rings is 1. The second-order valence-corrected chi connectivity index (χ2v) is 7.10. The molecule has 4 rings (SSSR count). The van der Waals surface area contributed by atoms with E-state index in [1.165, 1.54) is 30.5 Å². The van der Waals surface area contributed by atoms with E-state index in [2.05, 4.69) is 25.9 Å². The number of hydrazone groups is 1. The minimum Gasteiger partial charge on any atom is -0.455 e. The molecule has 0 saturated carbocycles. The van der Waals surface area contributed by atoms with Crippen LogP contribution in [-0.4, -0.2) is 32.3 Å². The van der Waals surface area contributed by atoms with E-state index < -0.39 is 17.6 Å². The summed E-state index contributed by atoms with van der Waals surface area (Å²) in [4.78, 5) is 13.1. The molecule has 4 aromatic rings. The van der Waals surface area contributed by atoms with E-state index in [1.807, 2.05) is 0 Å². The number of carbonyl (C=O) groups is 1. The molecule has 2 aromatic carbocycles. The van der Waals surface area contributed by atoms with Gasteiger partial charge in [0.25, 0.3) is 5.91 Å². The van der Waals surface area contributed by atoms with Crippen molar-refractivity contribution >= 4 is 23.7 Å². The van der Waals surface area contributed by atoms with E-state index in [1.54, 1.807) is 24.3 Å². The summed E-state index contributed by atoms with van der Waals surface area (Å²) < 4.78 is 44.1. The molecule has 0 unspecified atom stereocenters. The molecular weight excluding hydrogens is 461 g/mol. The van der Waals surface area contributed by atoms with E-state index in [-0.39, 0.29) is 29.5 Å². The van der Waals surface area contributed by atoms with Crippen molar-refractivity contribution in [1.82, 2.24) is 25.6 Å². The van der Waals surface area contributed by atoms with Crippen molar-refractivity contribution in [2.75, 3.05) is 0 Å². The van der Waals surface area contributed by atoms with Crippen LogP contribution in [0.2, 0.25) is 5.02 Å². The van der Waals surface area contributed by atoms with Crippen LogP contribution in [-0.2, 0) is 17.5 Å². The highest BCUT2D eigenvalue weighted by Gasteiger charge is 2.30. The van der Waals surface area contributed by atoms with Crippen LogP contribution in [0, 0.1) is 0 Å². The lowest BCUT2D eigenvalue weighted by Crippen LogP contribution is -2.24. The minimum atomic E-state index is -4.45. The number of amides is 1. The van der Waals surface area contributed by atoms with Gasteiger partial charge in [-0.25, -0.2) is 5.43 Å². The summed E-state index contributed by atoms with van der Waals surface area (Å²) in [6, 6.07) is 14.7. The first kappa shape index (κ1) is 22.2. The number of rotatable bonds is 6. The number of aromatic nitrogens is 4. The standard InChI is InChI=1S/C21H14ClF3N6O2/c22-17-7-2-1-6-16(17)20-28-30-31(29-20)12-19(32)27-26-11-15-8-9-18(33-15)13-4-3-5-14(10-13)21(23,24)25/h1-11H,12H2,(H,27,32)/b26-11-. The summed E-state index contributed by atoms with van der Waals surface area (Å²) in [6.45, 7) is -0.248. The zero-order valence-corrected chi connectivity index (χ0v) is 17.4. The summed E-state index contributed by atoms with van der Waals surface area (Å²) in [5.41, 5.74) is 2.35. The third-order valence-electron chi connectivity index (χ3n) is 4.33. The van der Waals surface area contributed by atoms with Crippen LogP contribution in [0.15, 0.2) is 70.2 Å². The van der Waals surface area contributed by atoms with Gasteiger partial charge in [0.15, 0.2) is 0 Å². The molecule has 0 fully saturated rings. The molecule has 8 nitrogen and oxygen atoms in total. The molecule has 168 valence electrons. The third kappa shape index (κ3) is 5.44. The molecule has 0 atom stereocenters. The van der Waals surface area contributed by atoms with Crippen molar-refractivity contribution in [3.63, 3.8) is 0 Å². The molecule has 0 aliphatic heterocycles. The Labute approximate surface area is 189 Å². The SMILES string of the molecule is O=C(Cn1nnc(-c2ccccc2Cl)n1)N/N=C\c1ccc(-c2cccc(C(F)(F)F)c2)o1. The Morgan fingerprint density at radius 2 is 1.97 bits per heavy atom. The molecule has 0 bridgehead atoms. The molecule has 2 heterocycles. The predicted octanol–water partition coefficient (Wildman–Crippen LogP) is 4.42. The van der Waals surface area contributed by atoms with Gasteiger partial charge in [-0.3, -0.25) is 4.79 Å². The summed E-state index contributed by atoms with van der Waals surface area (Å²) in [6.07, 6.45) is -3.23. The number of benzene rings is 2. The number of nitrogens with one attached hydrogen (secondary N) is 1. The number of carbonyl (C=O) groups excluding carboxylic acids is 1. The van der Waals surface area contributed by atoms with Crippen LogP contribution in [0.25, 0.3) is 22.7 Å². The van der Waals surface area contributed by atoms with Crippen molar-refractivity contribution in [3.8, 4) is 22.7 Å². The predicted molar refractivity (Wildman–Crippen MR) is 113 cm³/mol. The number of hydrogen-bond acceptors (Lipinski definition) is 6. The number of alkyl halides is 3.